The molecule has 0 saturated carbocycles. The molecule has 3 aliphatic rings. The van der Waals surface area contributed by atoms with E-state index in [0.717, 1.165) is 19.5 Å². The molecule has 2 aliphatic heterocycles. The van der Waals surface area contributed by atoms with E-state index in [9.17, 15) is 0 Å². The van der Waals surface area contributed by atoms with E-state index in [1.807, 2.05) is 6.08 Å². The highest BCUT2D eigenvalue weighted by Crippen LogP contribution is 2.32. The van der Waals surface area contributed by atoms with E-state index in [1.54, 1.807) is 0 Å². The van der Waals surface area contributed by atoms with Crippen LogP contribution in [0.5, 0.6) is 0 Å². The second-order valence-corrected chi connectivity index (χ2v) is 5.25. The highest BCUT2D eigenvalue weighted by atomic mass is 15.1. The van der Waals surface area contributed by atoms with Gasteiger partial charge >= 0.3 is 0 Å². The first-order valence-electron chi connectivity index (χ1n) is 6.89. The maximum absolute atomic E-state index is 3.38. The van der Waals surface area contributed by atoms with Crippen LogP contribution in [0.15, 0.2) is 46.4 Å². The van der Waals surface area contributed by atoms with Crippen LogP contribution in [-0.4, -0.2) is 37.6 Å². The molecule has 94 valence electrons. The van der Waals surface area contributed by atoms with Crippen LogP contribution in [0.2, 0.25) is 0 Å². The van der Waals surface area contributed by atoms with Crippen molar-refractivity contribution < 1.29 is 0 Å². The summed E-state index contributed by atoms with van der Waals surface area (Å²) in [7, 11) is 2.22. The van der Waals surface area contributed by atoms with Crippen LogP contribution in [0.4, 0.5) is 0 Å². The summed E-state index contributed by atoms with van der Waals surface area (Å²) >= 11 is 0. The number of hydrogen-bond donors (Lipinski definition) is 1. The largest absolute Gasteiger partial charge is 0.313 e. The van der Waals surface area contributed by atoms with Crippen molar-refractivity contribution in [2.24, 2.45) is 0 Å². The molecule has 3 rings (SSSR count). The third-order valence-corrected chi connectivity index (χ3v) is 4.09. The molecule has 1 saturated heterocycles. The molecular formula is C16H20N2. The summed E-state index contributed by atoms with van der Waals surface area (Å²) in [6.45, 7) is 3.28. The molecule has 2 heterocycles. The van der Waals surface area contributed by atoms with Gasteiger partial charge in [0.2, 0.25) is 0 Å². The highest BCUT2D eigenvalue weighted by Gasteiger charge is 2.28. The molecule has 2 heteroatoms. The van der Waals surface area contributed by atoms with Crippen LogP contribution < -0.4 is 5.32 Å². The van der Waals surface area contributed by atoms with Crippen molar-refractivity contribution >= 4 is 0 Å². The lowest BCUT2D eigenvalue weighted by Gasteiger charge is -2.26. The van der Waals surface area contributed by atoms with Crippen molar-refractivity contribution in [2.75, 3.05) is 26.7 Å². The van der Waals surface area contributed by atoms with Crippen LogP contribution in [0.25, 0.3) is 0 Å². The lowest BCUT2D eigenvalue weighted by Crippen LogP contribution is -2.29. The molecule has 0 spiro atoms. The Labute approximate surface area is 109 Å². The zero-order valence-electron chi connectivity index (χ0n) is 11.0. The Bertz CT molecular complexity index is 497. The molecule has 1 atom stereocenters. The normalized spacial score (nSPS) is 28.1. The molecule has 0 aromatic heterocycles. The van der Waals surface area contributed by atoms with Gasteiger partial charge in [-0.1, -0.05) is 17.5 Å². The lowest BCUT2D eigenvalue weighted by atomic mass is 9.87. The second-order valence-electron chi connectivity index (χ2n) is 5.25. The molecule has 1 aliphatic carbocycles. The van der Waals surface area contributed by atoms with Gasteiger partial charge in [0, 0.05) is 18.2 Å². The zero-order valence-corrected chi connectivity index (χ0v) is 11.0. The van der Waals surface area contributed by atoms with Crippen molar-refractivity contribution in [3.8, 4) is 0 Å². The molecule has 0 amide bonds. The molecule has 0 aromatic rings. The Hall–Kier alpha value is -1.30. The average Bonchev–Trinajstić information content (AvgIpc) is 2.86. The Morgan fingerprint density at radius 1 is 1.44 bits per heavy atom. The van der Waals surface area contributed by atoms with E-state index in [4.69, 9.17) is 0 Å². The topological polar surface area (TPSA) is 15.3 Å². The van der Waals surface area contributed by atoms with E-state index < -0.39 is 0 Å². The predicted octanol–water partition coefficient (Wildman–Crippen LogP) is 2.18. The summed E-state index contributed by atoms with van der Waals surface area (Å²) in [4.78, 5) is 2.45. The quantitative estimate of drug-likeness (QED) is 0.744. The summed E-state index contributed by atoms with van der Waals surface area (Å²) in [6.07, 6.45) is 10.2. The SMILES string of the molecule is CN1CCCC1C1=C=C=CC=C1C1=CCNCC1. The first-order valence-corrected chi connectivity index (χ1v) is 6.89. The van der Waals surface area contributed by atoms with Gasteiger partial charge in [0.1, 0.15) is 0 Å². The van der Waals surface area contributed by atoms with Gasteiger partial charge in [0.15, 0.2) is 0 Å². The fourth-order valence-electron chi connectivity index (χ4n) is 3.09. The van der Waals surface area contributed by atoms with Crippen molar-refractivity contribution in [3.05, 3.63) is 46.4 Å². The van der Waals surface area contributed by atoms with E-state index >= 15 is 0 Å². The monoisotopic (exact) mass is 240 g/mol. The van der Waals surface area contributed by atoms with Gasteiger partial charge in [-0.05, 0) is 62.7 Å². The summed E-state index contributed by atoms with van der Waals surface area (Å²) in [6, 6.07) is 0.535. The molecule has 1 N–H and O–H groups in total. The summed E-state index contributed by atoms with van der Waals surface area (Å²) in [5, 5.41) is 3.38. The van der Waals surface area contributed by atoms with Crippen molar-refractivity contribution in [1.82, 2.24) is 10.2 Å². The molecule has 0 aromatic carbocycles. The number of likely N-dealkylation sites (tertiary alicyclic amines) is 1. The molecule has 2 nitrogen and oxygen atoms in total. The van der Waals surface area contributed by atoms with Gasteiger partial charge in [0.25, 0.3) is 0 Å². The molecule has 1 unspecified atom stereocenters. The van der Waals surface area contributed by atoms with E-state index in [1.165, 1.54) is 36.1 Å². The first kappa shape index (κ1) is 11.8. The second kappa shape index (κ2) is 5.14. The van der Waals surface area contributed by atoms with Gasteiger partial charge in [-0.15, -0.1) is 0 Å². The van der Waals surface area contributed by atoms with Crippen LogP contribution in [0.1, 0.15) is 19.3 Å². The van der Waals surface area contributed by atoms with E-state index in [2.05, 4.69) is 40.9 Å². The minimum Gasteiger partial charge on any atom is -0.313 e. The Kier molecular flexibility index (Phi) is 3.36. The summed E-state index contributed by atoms with van der Waals surface area (Å²) in [5.74, 6) is 0. The van der Waals surface area contributed by atoms with Crippen LogP contribution in [0, 0.1) is 0 Å². The van der Waals surface area contributed by atoms with Gasteiger partial charge in [-0.25, -0.2) is 0 Å². The Balaban J connectivity index is 1.91. The summed E-state index contributed by atoms with van der Waals surface area (Å²) < 4.78 is 0. The number of rotatable bonds is 2. The zero-order chi connectivity index (χ0) is 12.4. The maximum atomic E-state index is 3.38. The molecular weight excluding hydrogens is 220 g/mol. The van der Waals surface area contributed by atoms with Crippen LogP contribution >= 0.6 is 0 Å². The lowest BCUT2D eigenvalue weighted by molar-refractivity contribution is 0.347. The van der Waals surface area contributed by atoms with Crippen molar-refractivity contribution in [2.45, 2.75) is 25.3 Å². The van der Waals surface area contributed by atoms with Crippen LogP contribution in [-0.2, 0) is 0 Å². The minimum absolute atomic E-state index is 0.535. The smallest absolute Gasteiger partial charge is 0.0430 e. The highest BCUT2D eigenvalue weighted by molar-refractivity contribution is 5.52. The molecule has 1 fully saturated rings. The number of hydrogen-bond acceptors (Lipinski definition) is 2. The maximum Gasteiger partial charge on any atom is 0.0430 e. The van der Waals surface area contributed by atoms with Gasteiger partial charge in [-0.2, -0.15) is 0 Å². The van der Waals surface area contributed by atoms with Crippen LogP contribution in [0.3, 0.4) is 0 Å². The number of nitrogens with one attached hydrogen (secondary N) is 1. The van der Waals surface area contributed by atoms with E-state index in [0.29, 0.717) is 6.04 Å². The van der Waals surface area contributed by atoms with Gasteiger partial charge in [-0.3, -0.25) is 4.90 Å². The summed E-state index contributed by atoms with van der Waals surface area (Å²) in [5.41, 5.74) is 10.8. The van der Waals surface area contributed by atoms with Gasteiger partial charge < -0.3 is 5.32 Å². The van der Waals surface area contributed by atoms with Crippen molar-refractivity contribution in [3.63, 3.8) is 0 Å². The first-order chi connectivity index (χ1) is 8.86. The third-order valence-electron chi connectivity index (χ3n) is 4.09. The van der Waals surface area contributed by atoms with E-state index in [-0.39, 0.29) is 0 Å². The minimum atomic E-state index is 0.535. The molecule has 0 bridgehead atoms. The third kappa shape index (κ3) is 2.16. The number of likely N-dealkylation sites (N-methyl/N-ethyl adjacent to an activating group) is 1. The van der Waals surface area contributed by atoms with Gasteiger partial charge in [0.05, 0.1) is 0 Å². The average molecular weight is 240 g/mol. The van der Waals surface area contributed by atoms with Crippen molar-refractivity contribution in [1.29, 1.82) is 0 Å². The molecule has 18 heavy (non-hydrogen) atoms. The number of nitrogens with zero attached hydrogens (tertiary/aromatic N) is 1. The standard InChI is InChI=1S/C16H20N2/c1-18-12-4-7-16(18)15-6-3-2-5-14(15)13-8-10-17-11-9-13/h2,5,8,16-17H,4,7,9-12H2,1H3. The molecule has 0 radical (unpaired) electrons. The Morgan fingerprint density at radius 2 is 2.39 bits per heavy atom. The fourth-order valence-corrected chi connectivity index (χ4v) is 3.09. The fraction of sp³-hybridized carbons (Fsp3) is 0.500. The Morgan fingerprint density at radius 3 is 3.11 bits per heavy atom. The number of allylic oxidation sites excluding steroid dienone is 2. The predicted molar refractivity (Wildman–Crippen MR) is 74.4 cm³/mol.